The van der Waals surface area contributed by atoms with Crippen LogP contribution in [0.25, 0.3) is 0 Å². The van der Waals surface area contributed by atoms with Crippen molar-refractivity contribution in [2.45, 2.75) is 70.2 Å². The standard InChI is InChI=1S/C22H32N4O4S/c1-16(15-22(5,6)25-20(27)30-21(2,3)4)26(17-11-8-7-9-12-17)18-13-10-14-19(24-18)31(23,28)29/h7-14,16H,15H2,1-6H3,(H,25,27)(H2,23,28,29). The predicted molar refractivity (Wildman–Crippen MR) is 122 cm³/mol. The third-order valence-electron chi connectivity index (χ3n) is 4.37. The number of benzene rings is 1. The van der Waals surface area contributed by atoms with Crippen molar-refractivity contribution in [2.24, 2.45) is 5.14 Å². The molecule has 1 unspecified atom stereocenters. The van der Waals surface area contributed by atoms with Gasteiger partial charge in [-0.3, -0.25) is 0 Å². The van der Waals surface area contributed by atoms with Crippen LogP contribution in [0.1, 0.15) is 48.0 Å². The first-order valence-electron chi connectivity index (χ1n) is 10.0. The molecule has 1 aromatic carbocycles. The number of nitrogens with two attached hydrogens (primary N) is 1. The summed E-state index contributed by atoms with van der Waals surface area (Å²) in [5.41, 5.74) is -0.367. The Labute approximate surface area is 184 Å². The van der Waals surface area contributed by atoms with Gasteiger partial charge in [-0.1, -0.05) is 24.3 Å². The second-order valence-corrected chi connectivity index (χ2v) is 10.7. The summed E-state index contributed by atoms with van der Waals surface area (Å²) in [5.74, 6) is 0.443. The molecule has 0 aliphatic heterocycles. The third kappa shape index (κ3) is 7.52. The zero-order valence-electron chi connectivity index (χ0n) is 18.9. The number of aromatic nitrogens is 1. The zero-order chi connectivity index (χ0) is 23.4. The smallest absolute Gasteiger partial charge is 0.408 e. The number of sulfonamides is 1. The number of amides is 1. The quantitative estimate of drug-likeness (QED) is 0.663. The molecule has 1 heterocycles. The molecule has 1 aromatic heterocycles. The van der Waals surface area contributed by atoms with Crippen LogP contribution in [0.3, 0.4) is 0 Å². The van der Waals surface area contributed by atoms with E-state index in [1.165, 1.54) is 6.07 Å². The Bertz CT molecular complexity index is 1000. The maximum absolute atomic E-state index is 12.3. The highest BCUT2D eigenvalue weighted by Gasteiger charge is 2.30. The molecule has 170 valence electrons. The third-order valence-corrected chi connectivity index (χ3v) is 5.18. The minimum Gasteiger partial charge on any atom is -0.444 e. The predicted octanol–water partition coefficient (Wildman–Crippen LogP) is 3.95. The Balaban J connectivity index is 2.34. The summed E-state index contributed by atoms with van der Waals surface area (Å²) >= 11 is 0. The fourth-order valence-electron chi connectivity index (χ4n) is 3.36. The average Bonchev–Trinajstić information content (AvgIpc) is 2.59. The molecular formula is C22H32N4O4S. The van der Waals surface area contributed by atoms with E-state index in [-0.39, 0.29) is 11.1 Å². The summed E-state index contributed by atoms with van der Waals surface area (Å²) in [4.78, 5) is 18.5. The van der Waals surface area contributed by atoms with Gasteiger partial charge in [-0.05, 0) is 72.2 Å². The molecule has 0 aliphatic carbocycles. The first kappa shape index (κ1) is 24.6. The topological polar surface area (TPSA) is 115 Å². The van der Waals surface area contributed by atoms with Crippen LogP contribution in [-0.4, -0.2) is 36.7 Å². The molecule has 0 fully saturated rings. The summed E-state index contributed by atoms with van der Waals surface area (Å²) in [5, 5.41) is 7.99. The van der Waals surface area contributed by atoms with Crippen molar-refractivity contribution in [3.63, 3.8) is 0 Å². The lowest BCUT2D eigenvalue weighted by molar-refractivity contribution is 0.0465. The van der Waals surface area contributed by atoms with E-state index in [4.69, 9.17) is 9.88 Å². The summed E-state index contributed by atoms with van der Waals surface area (Å²) in [6.45, 7) is 11.2. The molecule has 0 bridgehead atoms. The maximum atomic E-state index is 12.3. The number of hydrogen-bond donors (Lipinski definition) is 2. The van der Waals surface area contributed by atoms with E-state index in [0.717, 1.165) is 5.69 Å². The normalized spacial score (nSPS) is 13.4. The first-order valence-corrected chi connectivity index (χ1v) is 11.6. The van der Waals surface area contributed by atoms with Crippen LogP contribution in [0.4, 0.5) is 16.3 Å². The number of primary sulfonamides is 1. The van der Waals surface area contributed by atoms with Crippen LogP contribution < -0.4 is 15.4 Å². The number of pyridine rings is 1. The zero-order valence-corrected chi connectivity index (χ0v) is 19.7. The van der Waals surface area contributed by atoms with Crippen LogP contribution in [0.15, 0.2) is 53.6 Å². The van der Waals surface area contributed by atoms with Gasteiger partial charge in [0.2, 0.25) is 0 Å². The van der Waals surface area contributed by atoms with Gasteiger partial charge in [0.1, 0.15) is 11.4 Å². The number of anilines is 2. The van der Waals surface area contributed by atoms with Crippen molar-refractivity contribution in [1.82, 2.24) is 10.3 Å². The number of para-hydroxylation sites is 1. The highest BCUT2D eigenvalue weighted by Crippen LogP contribution is 2.30. The van der Waals surface area contributed by atoms with Gasteiger partial charge in [0.05, 0.1) is 0 Å². The molecule has 0 saturated heterocycles. The molecule has 0 saturated carbocycles. The molecule has 2 rings (SSSR count). The molecule has 8 nitrogen and oxygen atoms in total. The molecule has 2 aromatic rings. The van der Waals surface area contributed by atoms with Crippen molar-refractivity contribution < 1.29 is 17.9 Å². The monoisotopic (exact) mass is 448 g/mol. The number of carbonyl (C=O) groups is 1. The number of rotatable bonds is 7. The highest BCUT2D eigenvalue weighted by atomic mass is 32.2. The van der Waals surface area contributed by atoms with E-state index in [2.05, 4.69) is 10.3 Å². The van der Waals surface area contributed by atoms with Crippen LogP contribution in [0, 0.1) is 0 Å². The van der Waals surface area contributed by atoms with E-state index >= 15 is 0 Å². The molecule has 1 amide bonds. The van der Waals surface area contributed by atoms with Gasteiger partial charge in [-0.2, -0.15) is 0 Å². The highest BCUT2D eigenvalue weighted by molar-refractivity contribution is 7.89. The Morgan fingerprint density at radius 3 is 2.26 bits per heavy atom. The summed E-state index contributed by atoms with van der Waals surface area (Å²) < 4.78 is 29.0. The molecule has 0 radical (unpaired) electrons. The van der Waals surface area contributed by atoms with Crippen LogP contribution in [0.2, 0.25) is 0 Å². The van der Waals surface area contributed by atoms with Gasteiger partial charge in [-0.15, -0.1) is 0 Å². The van der Waals surface area contributed by atoms with E-state index < -0.39 is 27.3 Å². The van der Waals surface area contributed by atoms with Crippen molar-refractivity contribution in [3.8, 4) is 0 Å². The Morgan fingerprint density at radius 1 is 1.10 bits per heavy atom. The molecule has 0 aliphatic rings. The summed E-state index contributed by atoms with van der Waals surface area (Å²) in [6.07, 6.45) is 0.0351. The Morgan fingerprint density at radius 2 is 1.71 bits per heavy atom. The minimum absolute atomic E-state index is 0.157. The lowest BCUT2D eigenvalue weighted by atomic mass is 9.95. The Hall–Kier alpha value is -2.65. The lowest BCUT2D eigenvalue weighted by Crippen LogP contribution is -2.49. The van der Waals surface area contributed by atoms with Gasteiger partial charge >= 0.3 is 6.09 Å². The molecule has 0 spiro atoms. The molecule has 3 N–H and O–H groups in total. The SMILES string of the molecule is CC(CC(C)(C)NC(=O)OC(C)(C)C)N(c1ccccc1)c1cccc(S(N)(=O)=O)n1. The Kier molecular flexibility index (Phi) is 7.33. The van der Waals surface area contributed by atoms with Crippen LogP contribution in [-0.2, 0) is 14.8 Å². The lowest BCUT2D eigenvalue weighted by Gasteiger charge is -2.36. The number of ether oxygens (including phenoxy) is 1. The number of alkyl carbamates (subject to hydrolysis) is 1. The van der Waals surface area contributed by atoms with Crippen molar-refractivity contribution in [3.05, 3.63) is 48.5 Å². The molecular weight excluding hydrogens is 416 g/mol. The van der Waals surface area contributed by atoms with E-state index in [9.17, 15) is 13.2 Å². The average molecular weight is 449 g/mol. The number of hydrogen-bond acceptors (Lipinski definition) is 6. The van der Waals surface area contributed by atoms with Gasteiger partial charge < -0.3 is 15.0 Å². The van der Waals surface area contributed by atoms with E-state index in [0.29, 0.717) is 12.2 Å². The largest absolute Gasteiger partial charge is 0.444 e. The fourth-order valence-corrected chi connectivity index (χ4v) is 3.85. The second-order valence-electron chi connectivity index (χ2n) is 9.15. The molecule has 31 heavy (non-hydrogen) atoms. The van der Waals surface area contributed by atoms with Crippen molar-refractivity contribution in [1.29, 1.82) is 0 Å². The van der Waals surface area contributed by atoms with Gasteiger partial charge in [0.15, 0.2) is 5.03 Å². The second kappa shape index (κ2) is 9.23. The summed E-state index contributed by atoms with van der Waals surface area (Å²) in [7, 11) is -3.95. The summed E-state index contributed by atoms with van der Waals surface area (Å²) in [6, 6.07) is 14.0. The minimum atomic E-state index is -3.95. The van der Waals surface area contributed by atoms with Crippen molar-refractivity contribution in [2.75, 3.05) is 4.90 Å². The molecule has 1 atom stereocenters. The van der Waals surface area contributed by atoms with Crippen LogP contribution in [0.5, 0.6) is 0 Å². The van der Waals surface area contributed by atoms with Crippen molar-refractivity contribution >= 4 is 27.6 Å². The first-order chi connectivity index (χ1) is 14.2. The van der Waals surface area contributed by atoms with Crippen LogP contribution >= 0.6 is 0 Å². The molecule has 9 heteroatoms. The number of nitrogens with zero attached hydrogens (tertiary/aromatic N) is 2. The van der Waals surface area contributed by atoms with Gasteiger partial charge in [0, 0.05) is 17.3 Å². The van der Waals surface area contributed by atoms with E-state index in [1.807, 2.05) is 76.8 Å². The van der Waals surface area contributed by atoms with E-state index in [1.54, 1.807) is 12.1 Å². The fraction of sp³-hybridized carbons (Fsp3) is 0.455. The number of nitrogens with one attached hydrogen (secondary N) is 1. The van der Waals surface area contributed by atoms with Gasteiger partial charge in [-0.25, -0.2) is 23.3 Å². The van der Waals surface area contributed by atoms with Gasteiger partial charge in [0.25, 0.3) is 10.0 Å². The maximum Gasteiger partial charge on any atom is 0.408 e. The number of carbonyl (C=O) groups excluding carboxylic acids is 1.